The zero-order valence-electron chi connectivity index (χ0n) is 17.2. The van der Waals surface area contributed by atoms with Crippen molar-refractivity contribution in [3.63, 3.8) is 0 Å². The Hall–Kier alpha value is -3.76. The molecule has 0 fully saturated rings. The van der Waals surface area contributed by atoms with Crippen molar-refractivity contribution in [1.82, 2.24) is 4.98 Å². The van der Waals surface area contributed by atoms with Crippen molar-refractivity contribution in [2.24, 2.45) is 0 Å². The molecule has 0 spiro atoms. The number of methoxy groups -OCH3 is 1. The lowest BCUT2D eigenvalue weighted by Gasteiger charge is -2.11. The van der Waals surface area contributed by atoms with E-state index in [-0.39, 0.29) is 22.0 Å². The molecule has 0 amide bonds. The Morgan fingerprint density at radius 3 is 2.48 bits per heavy atom. The van der Waals surface area contributed by atoms with Gasteiger partial charge in [0.2, 0.25) is 0 Å². The number of ether oxygens (including phenoxy) is 1. The number of sulfonamides is 1. The van der Waals surface area contributed by atoms with E-state index in [9.17, 15) is 17.6 Å². The van der Waals surface area contributed by atoms with E-state index in [1.54, 1.807) is 24.3 Å². The van der Waals surface area contributed by atoms with Gasteiger partial charge >= 0.3 is 5.97 Å². The zero-order valence-corrected chi connectivity index (χ0v) is 18.8. The summed E-state index contributed by atoms with van der Waals surface area (Å²) in [5.41, 5.74) is 1.63. The monoisotopic (exact) mass is 484 g/mol. The summed E-state index contributed by atoms with van der Waals surface area (Å²) in [6.07, 6.45) is 0. The molecular weight excluding hydrogens is 467 g/mol. The Labute approximate surface area is 193 Å². The van der Waals surface area contributed by atoms with E-state index in [0.717, 1.165) is 16.9 Å². The number of carboxylic acids is 1. The van der Waals surface area contributed by atoms with Crippen molar-refractivity contribution >= 4 is 33.0 Å². The van der Waals surface area contributed by atoms with Crippen LogP contribution in [-0.2, 0) is 10.0 Å². The van der Waals surface area contributed by atoms with Crippen LogP contribution < -0.4 is 9.46 Å². The van der Waals surface area contributed by atoms with Crippen molar-refractivity contribution in [3.8, 4) is 27.4 Å². The Kier molecular flexibility index (Phi) is 6.12. The molecule has 0 atom stereocenters. The first kappa shape index (κ1) is 22.4. The topological polar surface area (TPSA) is 106 Å². The molecule has 0 aliphatic heterocycles. The predicted molar refractivity (Wildman–Crippen MR) is 124 cm³/mol. The summed E-state index contributed by atoms with van der Waals surface area (Å²) in [6, 6.07) is 17.5. The fraction of sp³-hybridized carbons (Fsp3) is 0.0435. The zero-order chi connectivity index (χ0) is 23.6. The molecule has 0 aliphatic carbocycles. The minimum atomic E-state index is -4.10. The number of carboxylic acid groups (broad SMARTS) is 1. The smallest absolute Gasteiger partial charge is 0.335 e. The van der Waals surface area contributed by atoms with Crippen LogP contribution in [0.15, 0.2) is 77.1 Å². The number of halogens is 1. The van der Waals surface area contributed by atoms with E-state index < -0.39 is 21.8 Å². The largest absolute Gasteiger partial charge is 0.495 e. The second-order valence-corrected chi connectivity index (χ2v) is 9.36. The number of aromatic nitrogens is 1. The Bertz CT molecular complexity index is 1440. The van der Waals surface area contributed by atoms with Gasteiger partial charge < -0.3 is 9.84 Å². The first-order valence-corrected chi connectivity index (χ1v) is 11.9. The van der Waals surface area contributed by atoms with E-state index in [2.05, 4.69) is 9.71 Å². The highest BCUT2D eigenvalue weighted by Gasteiger charge is 2.22. The first-order valence-electron chi connectivity index (χ1n) is 9.53. The van der Waals surface area contributed by atoms with E-state index in [0.29, 0.717) is 16.1 Å². The second-order valence-electron chi connectivity index (χ2n) is 6.88. The van der Waals surface area contributed by atoms with E-state index in [4.69, 9.17) is 9.84 Å². The number of benzene rings is 3. The molecule has 2 N–H and O–H groups in total. The lowest BCUT2D eigenvalue weighted by atomic mass is 10.0. The number of nitrogens with zero attached hydrogens (tertiary/aromatic N) is 1. The molecule has 33 heavy (non-hydrogen) atoms. The lowest BCUT2D eigenvalue weighted by Crippen LogP contribution is -2.14. The van der Waals surface area contributed by atoms with Crippen LogP contribution in [0.4, 0.5) is 10.1 Å². The molecule has 0 bridgehead atoms. The molecule has 1 heterocycles. The van der Waals surface area contributed by atoms with Gasteiger partial charge in [-0.25, -0.2) is 14.2 Å². The van der Waals surface area contributed by atoms with E-state index in [1.807, 2.05) is 18.2 Å². The first-order chi connectivity index (χ1) is 15.8. The van der Waals surface area contributed by atoms with Crippen LogP contribution >= 0.6 is 11.3 Å². The van der Waals surface area contributed by atoms with Crippen LogP contribution in [0, 0.1) is 5.82 Å². The number of nitrogens with one attached hydrogen (secondary N) is 1. The molecule has 168 valence electrons. The van der Waals surface area contributed by atoms with Crippen molar-refractivity contribution in [2.45, 2.75) is 5.03 Å². The van der Waals surface area contributed by atoms with Gasteiger partial charge in [-0.3, -0.25) is 4.72 Å². The molecule has 3 aromatic carbocycles. The second kappa shape index (κ2) is 9.00. The molecule has 4 aromatic rings. The van der Waals surface area contributed by atoms with Crippen molar-refractivity contribution in [3.05, 3.63) is 83.5 Å². The van der Waals surface area contributed by atoms with Gasteiger partial charge in [0.15, 0.2) is 5.03 Å². The molecule has 0 radical (unpaired) electrons. The molecule has 10 heteroatoms. The van der Waals surface area contributed by atoms with Gasteiger partial charge in [0.25, 0.3) is 10.0 Å². The summed E-state index contributed by atoms with van der Waals surface area (Å²) in [4.78, 5) is 15.3. The lowest BCUT2D eigenvalue weighted by molar-refractivity contribution is 0.0696. The fourth-order valence-electron chi connectivity index (χ4n) is 3.12. The van der Waals surface area contributed by atoms with Crippen LogP contribution in [-0.4, -0.2) is 31.6 Å². The maximum Gasteiger partial charge on any atom is 0.335 e. The van der Waals surface area contributed by atoms with Crippen LogP contribution in [0.2, 0.25) is 0 Å². The van der Waals surface area contributed by atoms with Gasteiger partial charge in [-0.1, -0.05) is 42.5 Å². The van der Waals surface area contributed by atoms with E-state index >= 15 is 0 Å². The molecule has 0 saturated heterocycles. The quantitative estimate of drug-likeness (QED) is 0.377. The summed E-state index contributed by atoms with van der Waals surface area (Å²) in [6.45, 7) is 0. The molecule has 0 aliphatic rings. The van der Waals surface area contributed by atoms with Crippen LogP contribution in [0.1, 0.15) is 10.4 Å². The highest BCUT2D eigenvalue weighted by molar-refractivity contribution is 7.92. The third kappa shape index (κ3) is 4.71. The van der Waals surface area contributed by atoms with Crippen LogP contribution in [0.25, 0.3) is 21.7 Å². The highest BCUT2D eigenvalue weighted by Crippen LogP contribution is 2.32. The highest BCUT2D eigenvalue weighted by atomic mass is 32.2. The predicted octanol–water partition coefficient (Wildman–Crippen LogP) is 5.12. The Balaban J connectivity index is 1.60. The molecule has 4 rings (SSSR count). The molecule has 0 saturated carbocycles. The summed E-state index contributed by atoms with van der Waals surface area (Å²) in [7, 11) is -2.80. The number of hydrogen-bond acceptors (Lipinski definition) is 6. The number of anilines is 1. The fourth-order valence-corrected chi connectivity index (χ4v) is 5.28. The van der Waals surface area contributed by atoms with Crippen molar-refractivity contribution in [2.75, 3.05) is 11.8 Å². The summed E-state index contributed by atoms with van der Waals surface area (Å²) in [5, 5.41) is 10.5. The molecule has 1 aromatic heterocycles. The van der Waals surface area contributed by atoms with Gasteiger partial charge in [-0.15, -0.1) is 11.3 Å². The van der Waals surface area contributed by atoms with Crippen molar-refractivity contribution in [1.29, 1.82) is 0 Å². The minimum Gasteiger partial charge on any atom is -0.495 e. The average Bonchev–Trinajstić information content (AvgIpc) is 3.31. The van der Waals surface area contributed by atoms with Gasteiger partial charge in [-0.05, 0) is 29.8 Å². The number of hydrogen-bond donors (Lipinski definition) is 2. The van der Waals surface area contributed by atoms with Gasteiger partial charge in [-0.2, -0.15) is 8.42 Å². The number of carbonyl (C=O) groups is 1. The molecule has 7 nitrogen and oxygen atoms in total. The van der Waals surface area contributed by atoms with Crippen molar-refractivity contribution < 1.29 is 27.4 Å². The van der Waals surface area contributed by atoms with E-state index in [1.165, 1.54) is 36.8 Å². The number of rotatable bonds is 7. The standard InChI is InChI=1S/C23H17FN2O5S2/c1-31-20-12-16(23(27)28)8-10-19(20)26-33(29,30)21-13-32-22(25-21)15-7-9-17(18(24)11-15)14-5-3-2-4-6-14/h2-13,26H,1H3,(H,27,28). The number of thiazole rings is 1. The average molecular weight is 485 g/mol. The summed E-state index contributed by atoms with van der Waals surface area (Å²) in [5.74, 6) is -1.57. The molecular formula is C23H17FN2O5S2. The Morgan fingerprint density at radius 2 is 1.82 bits per heavy atom. The van der Waals surface area contributed by atoms with Crippen LogP contribution in [0.5, 0.6) is 5.75 Å². The molecule has 0 unspecified atom stereocenters. The van der Waals surface area contributed by atoms with Crippen LogP contribution in [0.3, 0.4) is 0 Å². The number of aromatic carboxylic acids is 1. The third-order valence-electron chi connectivity index (χ3n) is 4.75. The van der Waals surface area contributed by atoms with Gasteiger partial charge in [0, 0.05) is 16.5 Å². The maximum atomic E-state index is 14.7. The Morgan fingerprint density at radius 1 is 1.06 bits per heavy atom. The van der Waals surface area contributed by atoms with Gasteiger partial charge in [0.1, 0.15) is 16.6 Å². The summed E-state index contributed by atoms with van der Waals surface area (Å²) >= 11 is 1.06. The minimum absolute atomic E-state index is 0.0486. The maximum absolute atomic E-state index is 14.7. The SMILES string of the molecule is COc1cc(C(=O)O)ccc1NS(=O)(=O)c1csc(-c2ccc(-c3ccccc3)c(F)c2)n1. The normalized spacial score (nSPS) is 11.2. The third-order valence-corrected chi connectivity index (χ3v) is 7.04. The van der Waals surface area contributed by atoms with Gasteiger partial charge in [0.05, 0.1) is 18.4 Å². The summed E-state index contributed by atoms with van der Waals surface area (Å²) < 4.78 is 47.8.